The lowest BCUT2D eigenvalue weighted by Gasteiger charge is -2.36. The maximum atomic E-state index is 11.9. The van der Waals surface area contributed by atoms with Gasteiger partial charge in [-0.05, 0) is 46.5 Å². The second-order valence-electron chi connectivity index (χ2n) is 4.20. The lowest BCUT2D eigenvalue weighted by Crippen LogP contribution is -2.40. The van der Waals surface area contributed by atoms with E-state index in [1.165, 1.54) is 0 Å². The van der Waals surface area contributed by atoms with E-state index in [0.29, 0.717) is 5.02 Å². The maximum Gasteiger partial charge on any atom is 0.235 e. The maximum absolute atomic E-state index is 11.9. The lowest BCUT2D eigenvalue weighted by molar-refractivity contribution is -0.123. The first-order valence-electron chi connectivity index (χ1n) is 4.94. The highest BCUT2D eigenvalue weighted by Gasteiger charge is 2.51. The molecule has 1 heterocycles. The number of amides is 1. The van der Waals surface area contributed by atoms with Crippen molar-refractivity contribution in [3.63, 3.8) is 0 Å². The third-order valence-electron chi connectivity index (χ3n) is 3.47. The highest BCUT2D eigenvalue weighted by Crippen LogP contribution is 2.52. The molecule has 1 aliphatic carbocycles. The molecular formula is C11H9BrClNO. The van der Waals surface area contributed by atoms with E-state index >= 15 is 0 Å². The van der Waals surface area contributed by atoms with E-state index in [1.807, 2.05) is 12.1 Å². The molecule has 0 radical (unpaired) electrons. The average Bonchev–Trinajstić information content (AvgIpc) is 2.37. The van der Waals surface area contributed by atoms with E-state index in [1.54, 1.807) is 0 Å². The number of anilines is 1. The number of hydrogen-bond acceptors (Lipinski definition) is 1. The molecule has 1 N–H and O–H groups in total. The van der Waals surface area contributed by atoms with Crippen molar-refractivity contribution in [1.29, 1.82) is 0 Å². The Bertz CT molecular complexity index is 468. The standard InChI is InChI=1S/C11H9BrClNO/c12-7-5-9-6(4-8(7)13)11(2-1-3-11)10(15)14-9/h4-5H,1-3H2,(H,14,15). The quantitative estimate of drug-likeness (QED) is 0.777. The molecule has 1 aromatic carbocycles. The van der Waals surface area contributed by atoms with Crippen LogP contribution in [-0.4, -0.2) is 5.91 Å². The zero-order chi connectivity index (χ0) is 10.6. The Morgan fingerprint density at radius 3 is 2.73 bits per heavy atom. The highest BCUT2D eigenvalue weighted by molar-refractivity contribution is 9.10. The van der Waals surface area contributed by atoms with Crippen LogP contribution in [0.3, 0.4) is 0 Å². The molecular weight excluding hydrogens is 277 g/mol. The molecule has 15 heavy (non-hydrogen) atoms. The number of nitrogens with one attached hydrogen (secondary N) is 1. The van der Waals surface area contributed by atoms with Gasteiger partial charge >= 0.3 is 0 Å². The Hall–Kier alpha value is -0.540. The molecule has 1 aliphatic heterocycles. The summed E-state index contributed by atoms with van der Waals surface area (Å²) >= 11 is 9.43. The molecule has 1 spiro atoms. The summed E-state index contributed by atoms with van der Waals surface area (Å²) in [4.78, 5) is 11.9. The van der Waals surface area contributed by atoms with E-state index in [4.69, 9.17) is 11.6 Å². The Morgan fingerprint density at radius 1 is 1.40 bits per heavy atom. The van der Waals surface area contributed by atoms with Gasteiger partial charge in [-0.15, -0.1) is 0 Å². The number of carbonyl (C=O) groups excluding carboxylic acids is 1. The van der Waals surface area contributed by atoms with Crippen LogP contribution < -0.4 is 5.32 Å². The minimum atomic E-state index is -0.264. The predicted molar refractivity (Wildman–Crippen MR) is 63.3 cm³/mol. The normalized spacial score (nSPS) is 21.1. The number of halogens is 2. The zero-order valence-electron chi connectivity index (χ0n) is 7.94. The van der Waals surface area contributed by atoms with Gasteiger partial charge in [-0.1, -0.05) is 18.0 Å². The van der Waals surface area contributed by atoms with Gasteiger partial charge in [0.2, 0.25) is 5.91 Å². The molecule has 1 fully saturated rings. The molecule has 2 aliphatic rings. The van der Waals surface area contributed by atoms with Crippen LogP contribution in [0.25, 0.3) is 0 Å². The van der Waals surface area contributed by atoms with Gasteiger partial charge in [-0.2, -0.15) is 0 Å². The fraction of sp³-hybridized carbons (Fsp3) is 0.364. The van der Waals surface area contributed by atoms with Gasteiger partial charge in [0.05, 0.1) is 10.4 Å². The fourth-order valence-corrected chi connectivity index (χ4v) is 2.94. The largest absolute Gasteiger partial charge is 0.325 e. The molecule has 4 heteroatoms. The number of fused-ring (bicyclic) bond motifs is 2. The van der Waals surface area contributed by atoms with Gasteiger partial charge in [0, 0.05) is 10.2 Å². The highest BCUT2D eigenvalue weighted by atomic mass is 79.9. The number of rotatable bonds is 0. The smallest absolute Gasteiger partial charge is 0.235 e. The van der Waals surface area contributed by atoms with Crippen molar-refractivity contribution in [2.24, 2.45) is 0 Å². The van der Waals surface area contributed by atoms with Crippen molar-refractivity contribution in [3.05, 3.63) is 27.2 Å². The molecule has 1 saturated carbocycles. The lowest BCUT2D eigenvalue weighted by atomic mass is 9.65. The summed E-state index contributed by atoms with van der Waals surface area (Å²) in [6.45, 7) is 0. The number of carbonyl (C=O) groups is 1. The van der Waals surface area contributed by atoms with Crippen LogP contribution in [0.1, 0.15) is 24.8 Å². The molecule has 0 unspecified atom stereocenters. The molecule has 0 aromatic heterocycles. The number of benzene rings is 1. The van der Waals surface area contributed by atoms with E-state index in [0.717, 1.165) is 35.0 Å². The first-order valence-corrected chi connectivity index (χ1v) is 6.11. The minimum Gasteiger partial charge on any atom is -0.325 e. The molecule has 0 saturated heterocycles. The molecule has 1 amide bonds. The fourth-order valence-electron chi connectivity index (χ4n) is 2.44. The zero-order valence-corrected chi connectivity index (χ0v) is 10.3. The molecule has 1 aromatic rings. The summed E-state index contributed by atoms with van der Waals surface area (Å²) in [5.41, 5.74) is 1.72. The monoisotopic (exact) mass is 285 g/mol. The average molecular weight is 287 g/mol. The van der Waals surface area contributed by atoms with E-state index in [2.05, 4.69) is 21.2 Å². The summed E-state index contributed by atoms with van der Waals surface area (Å²) < 4.78 is 0.833. The first kappa shape index (κ1) is 9.67. The summed E-state index contributed by atoms with van der Waals surface area (Å²) in [5.74, 6) is 0.137. The summed E-state index contributed by atoms with van der Waals surface area (Å²) in [7, 11) is 0. The molecule has 0 bridgehead atoms. The van der Waals surface area contributed by atoms with Crippen LogP contribution in [0.4, 0.5) is 5.69 Å². The number of hydrogen-bond donors (Lipinski definition) is 1. The summed E-state index contributed by atoms with van der Waals surface area (Å²) in [6.07, 6.45) is 3.02. The Balaban J connectivity index is 2.21. The Kier molecular flexibility index (Phi) is 1.92. The van der Waals surface area contributed by atoms with Gasteiger partial charge in [0.1, 0.15) is 0 Å². The van der Waals surface area contributed by atoms with Crippen LogP contribution in [0.15, 0.2) is 16.6 Å². The van der Waals surface area contributed by atoms with Crippen LogP contribution in [0.2, 0.25) is 5.02 Å². The van der Waals surface area contributed by atoms with E-state index in [9.17, 15) is 4.79 Å². The van der Waals surface area contributed by atoms with Crippen molar-refractivity contribution >= 4 is 39.1 Å². The summed E-state index contributed by atoms with van der Waals surface area (Å²) in [6, 6.07) is 3.81. The van der Waals surface area contributed by atoms with E-state index in [-0.39, 0.29) is 11.3 Å². The van der Waals surface area contributed by atoms with E-state index < -0.39 is 0 Å². The molecule has 0 atom stereocenters. The van der Waals surface area contributed by atoms with Crippen molar-refractivity contribution in [3.8, 4) is 0 Å². The van der Waals surface area contributed by atoms with Gasteiger partial charge < -0.3 is 5.32 Å². The molecule has 3 rings (SSSR count). The Morgan fingerprint density at radius 2 is 2.13 bits per heavy atom. The second-order valence-corrected chi connectivity index (χ2v) is 5.46. The van der Waals surface area contributed by atoms with Crippen LogP contribution in [0, 0.1) is 0 Å². The van der Waals surface area contributed by atoms with Gasteiger partial charge in [-0.3, -0.25) is 4.79 Å². The van der Waals surface area contributed by atoms with Crippen LogP contribution in [-0.2, 0) is 10.2 Å². The van der Waals surface area contributed by atoms with Crippen molar-refractivity contribution in [2.75, 3.05) is 5.32 Å². The summed E-state index contributed by atoms with van der Waals surface area (Å²) in [5, 5.41) is 3.61. The van der Waals surface area contributed by atoms with Gasteiger partial charge in [0.25, 0.3) is 0 Å². The van der Waals surface area contributed by atoms with Gasteiger partial charge in [0.15, 0.2) is 0 Å². The van der Waals surface area contributed by atoms with Crippen molar-refractivity contribution in [2.45, 2.75) is 24.7 Å². The molecule has 2 nitrogen and oxygen atoms in total. The van der Waals surface area contributed by atoms with Crippen LogP contribution >= 0.6 is 27.5 Å². The van der Waals surface area contributed by atoms with Crippen LogP contribution in [0.5, 0.6) is 0 Å². The third-order valence-corrected chi connectivity index (χ3v) is 4.66. The predicted octanol–water partition coefficient (Wildman–Crippen LogP) is 3.48. The third kappa shape index (κ3) is 1.14. The molecule has 78 valence electrons. The topological polar surface area (TPSA) is 29.1 Å². The van der Waals surface area contributed by atoms with Gasteiger partial charge in [-0.25, -0.2) is 0 Å². The van der Waals surface area contributed by atoms with Crippen molar-refractivity contribution < 1.29 is 4.79 Å². The second kappa shape index (κ2) is 2.98. The van der Waals surface area contributed by atoms with Crippen molar-refractivity contribution in [1.82, 2.24) is 0 Å². The minimum absolute atomic E-state index is 0.137. The first-order chi connectivity index (χ1) is 7.13. The SMILES string of the molecule is O=C1Nc2cc(Br)c(Cl)cc2C12CCC2. The Labute approximate surface area is 101 Å².